The molecule has 0 aliphatic rings. The van der Waals surface area contributed by atoms with Gasteiger partial charge in [-0.3, -0.25) is 0 Å². The molecule has 0 rings (SSSR count). The molecule has 1 N–H and O–H groups in total. The Kier molecular flexibility index (Phi) is 7.01. The van der Waals surface area contributed by atoms with Crippen LogP contribution >= 0.6 is 0 Å². The molecule has 0 saturated carbocycles. The van der Waals surface area contributed by atoms with E-state index in [1.165, 1.54) is 0 Å². The minimum atomic E-state index is -2.75. The first-order chi connectivity index (χ1) is 6.52. The summed E-state index contributed by atoms with van der Waals surface area (Å²) in [5.74, 6) is -2.75. The van der Waals surface area contributed by atoms with Crippen LogP contribution < -0.4 is 5.32 Å². The van der Waals surface area contributed by atoms with Crippen molar-refractivity contribution in [2.24, 2.45) is 0 Å². The molecule has 0 aliphatic heterocycles. The maximum atomic E-state index is 13.1. The Bertz CT molecular complexity index is 142. The van der Waals surface area contributed by atoms with Crippen molar-refractivity contribution in [1.29, 1.82) is 0 Å². The van der Waals surface area contributed by atoms with Gasteiger partial charge in [-0.25, -0.2) is 8.78 Å². The summed E-state index contributed by atoms with van der Waals surface area (Å²) >= 11 is 0. The zero-order chi connectivity index (χ0) is 11.0. The van der Waals surface area contributed by atoms with E-state index >= 15 is 0 Å². The number of hydrogen-bond donors (Lipinski definition) is 1. The quantitative estimate of drug-likeness (QED) is 0.620. The van der Waals surface area contributed by atoms with E-state index in [0.717, 1.165) is 12.8 Å². The van der Waals surface area contributed by atoms with Gasteiger partial charge in [0.1, 0.15) is 6.61 Å². The zero-order valence-corrected chi connectivity index (χ0v) is 9.28. The lowest BCUT2D eigenvalue weighted by molar-refractivity contribution is -0.0937. The molecule has 1 atom stereocenters. The van der Waals surface area contributed by atoms with Gasteiger partial charge in [0.25, 0.3) is 5.92 Å². The van der Waals surface area contributed by atoms with Gasteiger partial charge in [-0.15, -0.1) is 0 Å². The van der Waals surface area contributed by atoms with Crippen LogP contribution in [0.25, 0.3) is 0 Å². The van der Waals surface area contributed by atoms with Crippen molar-refractivity contribution < 1.29 is 13.5 Å². The second kappa shape index (κ2) is 7.12. The van der Waals surface area contributed by atoms with E-state index in [2.05, 4.69) is 5.32 Å². The van der Waals surface area contributed by atoms with Gasteiger partial charge in [-0.05, 0) is 26.3 Å². The van der Waals surface area contributed by atoms with Crippen LogP contribution in [0.1, 0.15) is 33.6 Å². The van der Waals surface area contributed by atoms with Crippen LogP contribution in [0.3, 0.4) is 0 Å². The third-order valence-corrected chi connectivity index (χ3v) is 1.96. The Hall–Kier alpha value is -0.220. The van der Waals surface area contributed by atoms with E-state index in [1.54, 1.807) is 6.92 Å². The Morgan fingerprint density at radius 1 is 1.36 bits per heavy atom. The summed E-state index contributed by atoms with van der Waals surface area (Å²) in [7, 11) is 0. The fraction of sp³-hybridized carbons (Fsp3) is 1.00. The molecule has 86 valence electrons. The van der Waals surface area contributed by atoms with E-state index < -0.39 is 12.5 Å². The summed E-state index contributed by atoms with van der Waals surface area (Å²) in [6, 6.07) is 0. The van der Waals surface area contributed by atoms with Crippen molar-refractivity contribution in [2.75, 3.05) is 19.7 Å². The van der Waals surface area contributed by atoms with Crippen LogP contribution in [0.4, 0.5) is 8.78 Å². The van der Waals surface area contributed by atoms with Gasteiger partial charge in [0.2, 0.25) is 0 Å². The highest BCUT2D eigenvalue weighted by Crippen LogP contribution is 2.14. The molecule has 0 heterocycles. The normalized spacial score (nSPS) is 14.4. The maximum absolute atomic E-state index is 13.1. The molecule has 0 spiro atoms. The molecule has 0 aliphatic carbocycles. The predicted molar refractivity (Wildman–Crippen MR) is 53.8 cm³/mol. The van der Waals surface area contributed by atoms with Gasteiger partial charge < -0.3 is 10.1 Å². The van der Waals surface area contributed by atoms with Crippen molar-refractivity contribution in [2.45, 2.75) is 45.6 Å². The summed E-state index contributed by atoms with van der Waals surface area (Å²) in [5, 5.41) is 2.69. The SMILES string of the molecule is CCCNCC(F)(F)COC(C)CC. The van der Waals surface area contributed by atoms with Crippen molar-refractivity contribution in [3.05, 3.63) is 0 Å². The van der Waals surface area contributed by atoms with Gasteiger partial charge in [0.05, 0.1) is 12.6 Å². The standard InChI is InChI=1S/C10H21F2NO/c1-4-6-13-7-10(11,12)8-14-9(3)5-2/h9,13H,4-8H2,1-3H3. The Morgan fingerprint density at radius 2 is 2.00 bits per heavy atom. The number of rotatable bonds is 8. The molecule has 0 bridgehead atoms. The van der Waals surface area contributed by atoms with Crippen molar-refractivity contribution in [1.82, 2.24) is 5.32 Å². The van der Waals surface area contributed by atoms with Crippen LogP contribution in [0, 0.1) is 0 Å². The fourth-order valence-electron chi connectivity index (χ4n) is 0.881. The minimum Gasteiger partial charge on any atom is -0.372 e. The van der Waals surface area contributed by atoms with Crippen LogP contribution in [-0.2, 0) is 4.74 Å². The highest BCUT2D eigenvalue weighted by atomic mass is 19.3. The number of halogens is 2. The largest absolute Gasteiger partial charge is 0.372 e. The number of nitrogens with one attached hydrogen (secondary N) is 1. The summed E-state index contributed by atoms with van der Waals surface area (Å²) in [5.41, 5.74) is 0. The second-order valence-electron chi connectivity index (χ2n) is 3.56. The topological polar surface area (TPSA) is 21.3 Å². The van der Waals surface area contributed by atoms with Crippen molar-refractivity contribution in [3.63, 3.8) is 0 Å². The average molecular weight is 209 g/mol. The molecule has 0 aromatic rings. The highest BCUT2D eigenvalue weighted by molar-refractivity contribution is 4.69. The van der Waals surface area contributed by atoms with Crippen molar-refractivity contribution >= 4 is 0 Å². The lowest BCUT2D eigenvalue weighted by Crippen LogP contribution is -2.38. The Balaban J connectivity index is 3.60. The first-order valence-electron chi connectivity index (χ1n) is 5.22. The van der Waals surface area contributed by atoms with E-state index in [0.29, 0.717) is 6.54 Å². The van der Waals surface area contributed by atoms with Crippen LogP contribution in [0.15, 0.2) is 0 Å². The molecule has 0 aromatic carbocycles. The fourth-order valence-corrected chi connectivity index (χ4v) is 0.881. The monoisotopic (exact) mass is 209 g/mol. The molecule has 2 nitrogen and oxygen atoms in total. The molecule has 4 heteroatoms. The lowest BCUT2D eigenvalue weighted by atomic mass is 10.3. The van der Waals surface area contributed by atoms with Gasteiger partial charge in [0, 0.05) is 0 Å². The molecular formula is C10H21F2NO. The molecule has 0 aromatic heterocycles. The maximum Gasteiger partial charge on any atom is 0.283 e. The predicted octanol–water partition coefficient (Wildman–Crippen LogP) is 2.44. The van der Waals surface area contributed by atoms with E-state index in [4.69, 9.17) is 4.74 Å². The Labute approximate surface area is 85.0 Å². The second-order valence-corrected chi connectivity index (χ2v) is 3.56. The average Bonchev–Trinajstić information content (AvgIpc) is 2.14. The van der Waals surface area contributed by atoms with Gasteiger partial charge in [-0.1, -0.05) is 13.8 Å². The molecule has 1 unspecified atom stereocenters. The zero-order valence-electron chi connectivity index (χ0n) is 9.28. The smallest absolute Gasteiger partial charge is 0.283 e. The lowest BCUT2D eigenvalue weighted by Gasteiger charge is -2.19. The molecule has 0 saturated heterocycles. The summed E-state index contributed by atoms with van der Waals surface area (Å²) in [4.78, 5) is 0. The van der Waals surface area contributed by atoms with Crippen LogP contribution in [0.5, 0.6) is 0 Å². The summed E-state index contributed by atoms with van der Waals surface area (Å²) in [6.45, 7) is 5.50. The Morgan fingerprint density at radius 3 is 2.50 bits per heavy atom. The minimum absolute atomic E-state index is 0.0907. The van der Waals surface area contributed by atoms with Gasteiger partial charge in [-0.2, -0.15) is 0 Å². The highest BCUT2D eigenvalue weighted by Gasteiger charge is 2.29. The van der Waals surface area contributed by atoms with E-state index in [1.807, 2.05) is 13.8 Å². The number of alkyl halides is 2. The molecule has 0 fully saturated rings. The summed E-state index contributed by atoms with van der Waals surface area (Å²) < 4.78 is 31.1. The van der Waals surface area contributed by atoms with E-state index in [-0.39, 0.29) is 12.6 Å². The third-order valence-electron chi connectivity index (χ3n) is 1.96. The van der Waals surface area contributed by atoms with Crippen LogP contribution in [-0.4, -0.2) is 31.7 Å². The molecule has 0 radical (unpaired) electrons. The van der Waals surface area contributed by atoms with Crippen LogP contribution in [0.2, 0.25) is 0 Å². The van der Waals surface area contributed by atoms with E-state index in [9.17, 15) is 8.78 Å². The van der Waals surface area contributed by atoms with Gasteiger partial charge in [0.15, 0.2) is 0 Å². The molecular weight excluding hydrogens is 188 g/mol. The van der Waals surface area contributed by atoms with Crippen molar-refractivity contribution in [3.8, 4) is 0 Å². The van der Waals surface area contributed by atoms with Gasteiger partial charge >= 0.3 is 0 Å². The first kappa shape index (κ1) is 13.8. The number of ether oxygens (including phenoxy) is 1. The molecule has 14 heavy (non-hydrogen) atoms. The summed E-state index contributed by atoms with van der Waals surface area (Å²) in [6.07, 6.45) is 1.54. The first-order valence-corrected chi connectivity index (χ1v) is 5.22. The number of hydrogen-bond acceptors (Lipinski definition) is 2. The molecule has 0 amide bonds. The third kappa shape index (κ3) is 7.21.